The number of halogens is 1. The highest BCUT2D eigenvalue weighted by Crippen LogP contribution is 2.35. The molecule has 0 radical (unpaired) electrons. The van der Waals surface area contributed by atoms with E-state index in [2.05, 4.69) is 22.9 Å². The third-order valence-electron chi connectivity index (χ3n) is 4.18. The van der Waals surface area contributed by atoms with Gasteiger partial charge in [-0.1, -0.05) is 13.0 Å². The summed E-state index contributed by atoms with van der Waals surface area (Å²) in [5.74, 6) is 1.54. The second-order valence-corrected chi connectivity index (χ2v) is 8.15. The van der Waals surface area contributed by atoms with Gasteiger partial charge in [0.1, 0.15) is 11.5 Å². The molecule has 152 valence electrons. The molecule has 0 bridgehead atoms. The number of carbonyl (C=O) groups is 1. The molecule has 29 heavy (non-hydrogen) atoms. The monoisotopic (exact) mass is 474 g/mol. The average Bonchev–Trinajstić information content (AvgIpc) is 2.99. The first-order valence-electron chi connectivity index (χ1n) is 9.42. The van der Waals surface area contributed by atoms with E-state index in [1.807, 2.05) is 55.5 Å². The molecule has 0 spiro atoms. The zero-order valence-corrected chi connectivity index (χ0v) is 19.0. The van der Waals surface area contributed by atoms with E-state index in [9.17, 15) is 4.79 Å². The quantitative estimate of drug-likeness (QED) is 0.470. The van der Waals surface area contributed by atoms with Crippen molar-refractivity contribution >= 4 is 50.5 Å². The smallest absolute Gasteiger partial charge is 0.266 e. The van der Waals surface area contributed by atoms with Crippen molar-refractivity contribution in [2.45, 2.75) is 20.3 Å². The fourth-order valence-corrected chi connectivity index (χ4v) is 4.41. The number of methoxy groups -OCH3 is 1. The van der Waals surface area contributed by atoms with Crippen molar-refractivity contribution in [2.24, 2.45) is 4.99 Å². The molecular weight excluding hydrogens is 452 g/mol. The maximum absolute atomic E-state index is 12.9. The van der Waals surface area contributed by atoms with Gasteiger partial charge in [0.05, 0.1) is 28.8 Å². The molecule has 0 atom stereocenters. The van der Waals surface area contributed by atoms with E-state index in [-0.39, 0.29) is 5.91 Å². The first kappa shape index (κ1) is 21.5. The third-order valence-corrected chi connectivity index (χ3v) is 5.81. The molecular formula is C22H23BrN2O3S. The van der Waals surface area contributed by atoms with Gasteiger partial charge >= 0.3 is 0 Å². The largest absolute Gasteiger partial charge is 0.496 e. The third kappa shape index (κ3) is 5.22. The number of nitrogens with zero attached hydrogens (tertiary/aromatic N) is 2. The first-order valence-corrected chi connectivity index (χ1v) is 11.0. The second kappa shape index (κ2) is 9.98. The molecule has 1 heterocycles. The molecule has 1 aliphatic heterocycles. The number of thioether (sulfide) groups is 1. The molecule has 1 amide bonds. The summed E-state index contributed by atoms with van der Waals surface area (Å²) in [6, 6.07) is 13.3. The fourth-order valence-electron chi connectivity index (χ4n) is 2.83. The van der Waals surface area contributed by atoms with E-state index in [0.29, 0.717) is 23.2 Å². The maximum atomic E-state index is 12.9. The van der Waals surface area contributed by atoms with Crippen molar-refractivity contribution in [3.63, 3.8) is 0 Å². The van der Waals surface area contributed by atoms with Gasteiger partial charge in [0.25, 0.3) is 5.91 Å². The Morgan fingerprint density at radius 2 is 1.93 bits per heavy atom. The Morgan fingerprint density at radius 1 is 1.17 bits per heavy atom. The molecule has 3 rings (SSSR count). The van der Waals surface area contributed by atoms with Gasteiger partial charge in [0.2, 0.25) is 0 Å². The Kier molecular flexibility index (Phi) is 7.39. The summed E-state index contributed by atoms with van der Waals surface area (Å²) in [6.45, 7) is 5.25. The van der Waals surface area contributed by atoms with E-state index in [1.54, 1.807) is 12.0 Å². The minimum absolute atomic E-state index is 0.0199. The van der Waals surface area contributed by atoms with Crippen LogP contribution < -0.4 is 9.47 Å². The Morgan fingerprint density at radius 3 is 2.55 bits per heavy atom. The fraction of sp³-hybridized carbons (Fsp3) is 0.273. The van der Waals surface area contributed by atoms with E-state index < -0.39 is 0 Å². The molecule has 0 saturated carbocycles. The molecule has 0 aromatic heterocycles. The number of benzene rings is 2. The standard InChI is InChI=1S/C22H23BrN2O3S/c1-4-12-25-21(26)20(14-15-6-11-19(27-3)18(23)13-15)29-22(25)24-16-7-9-17(10-8-16)28-5-2/h6-11,13-14H,4-5,12H2,1-3H3. The van der Waals surface area contributed by atoms with Crippen LogP contribution in [0.25, 0.3) is 6.08 Å². The Balaban J connectivity index is 1.88. The lowest BCUT2D eigenvalue weighted by Gasteiger charge is -2.14. The number of rotatable bonds is 7. The molecule has 1 aliphatic rings. The topological polar surface area (TPSA) is 51.1 Å². The van der Waals surface area contributed by atoms with Gasteiger partial charge in [-0.2, -0.15) is 0 Å². The predicted octanol–water partition coefficient (Wildman–Crippen LogP) is 5.87. The summed E-state index contributed by atoms with van der Waals surface area (Å²) < 4.78 is 11.6. The molecule has 1 fully saturated rings. The van der Waals surface area contributed by atoms with Crippen molar-refractivity contribution in [3.05, 3.63) is 57.4 Å². The van der Waals surface area contributed by atoms with Gasteiger partial charge in [0.15, 0.2) is 5.17 Å². The highest BCUT2D eigenvalue weighted by Gasteiger charge is 2.32. The van der Waals surface area contributed by atoms with Crippen molar-refractivity contribution in [1.29, 1.82) is 0 Å². The summed E-state index contributed by atoms with van der Waals surface area (Å²) >= 11 is 4.89. The Hall–Kier alpha value is -2.25. The number of hydrogen-bond acceptors (Lipinski definition) is 5. The number of amides is 1. The number of ether oxygens (including phenoxy) is 2. The van der Waals surface area contributed by atoms with Crippen LogP contribution in [-0.2, 0) is 4.79 Å². The Labute approximate surface area is 183 Å². The van der Waals surface area contributed by atoms with Gasteiger partial charge in [-0.25, -0.2) is 4.99 Å². The van der Waals surface area contributed by atoms with E-state index >= 15 is 0 Å². The van der Waals surface area contributed by atoms with Crippen LogP contribution in [-0.4, -0.2) is 36.2 Å². The normalized spacial score (nSPS) is 16.7. The van der Waals surface area contributed by atoms with Gasteiger partial charge in [-0.3, -0.25) is 9.69 Å². The average molecular weight is 475 g/mol. The van der Waals surface area contributed by atoms with Crippen molar-refractivity contribution in [1.82, 2.24) is 4.90 Å². The van der Waals surface area contributed by atoms with Crippen LogP contribution in [0.4, 0.5) is 5.69 Å². The molecule has 0 unspecified atom stereocenters. The van der Waals surface area contributed by atoms with E-state index in [4.69, 9.17) is 14.5 Å². The van der Waals surface area contributed by atoms with Crippen LogP contribution in [0.2, 0.25) is 0 Å². The highest BCUT2D eigenvalue weighted by atomic mass is 79.9. The second-order valence-electron chi connectivity index (χ2n) is 6.28. The van der Waals surface area contributed by atoms with Gasteiger partial charge in [-0.15, -0.1) is 0 Å². The molecule has 2 aromatic carbocycles. The number of carbonyl (C=O) groups excluding carboxylic acids is 1. The predicted molar refractivity (Wildman–Crippen MR) is 123 cm³/mol. The van der Waals surface area contributed by atoms with E-state index in [1.165, 1.54) is 11.8 Å². The minimum atomic E-state index is -0.0199. The molecule has 5 nitrogen and oxygen atoms in total. The van der Waals surface area contributed by atoms with Gasteiger partial charge < -0.3 is 9.47 Å². The van der Waals surface area contributed by atoms with Crippen LogP contribution in [0.5, 0.6) is 11.5 Å². The lowest BCUT2D eigenvalue weighted by molar-refractivity contribution is -0.122. The molecule has 7 heteroatoms. The van der Waals surface area contributed by atoms with Crippen molar-refractivity contribution < 1.29 is 14.3 Å². The summed E-state index contributed by atoms with van der Waals surface area (Å²) in [7, 11) is 1.63. The van der Waals surface area contributed by atoms with Crippen LogP contribution in [0.1, 0.15) is 25.8 Å². The maximum Gasteiger partial charge on any atom is 0.266 e. The summed E-state index contributed by atoms with van der Waals surface area (Å²) in [5, 5.41) is 0.694. The summed E-state index contributed by atoms with van der Waals surface area (Å²) in [6.07, 6.45) is 2.75. The summed E-state index contributed by atoms with van der Waals surface area (Å²) in [4.78, 5) is 20.0. The molecule has 1 saturated heterocycles. The zero-order chi connectivity index (χ0) is 20.8. The molecule has 2 aromatic rings. The van der Waals surface area contributed by atoms with Gasteiger partial charge in [0, 0.05) is 6.54 Å². The van der Waals surface area contributed by atoms with Crippen LogP contribution in [0.3, 0.4) is 0 Å². The van der Waals surface area contributed by atoms with Crippen LogP contribution in [0, 0.1) is 0 Å². The molecule has 0 aliphatic carbocycles. The zero-order valence-electron chi connectivity index (χ0n) is 16.6. The van der Waals surface area contributed by atoms with Crippen molar-refractivity contribution in [3.8, 4) is 11.5 Å². The van der Waals surface area contributed by atoms with Crippen molar-refractivity contribution in [2.75, 3.05) is 20.3 Å². The number of aliphatic imine (C=N–C) groups is 1. The number of hydrogen-bond donors (Lipinski definition) is 0. The SMILES string of the molecule is CCCN1C(=O)C(=Cc2ccc(OC)c(Br)c2)SC1=Nc1ccc(OCC)cc1. The van der Waals surface area contributed by atoms with E-state index in [0.717, 1.165) is 33.6 Å². The molecule has 0 N–H and O–H groups in total. The Bertz CT molecular complexity index is 942. The van der Waals surface area contributed by atoms with Crippen LogP contribution >= 0.6 is 27.7 Å². The lowest BCUT2D eigenvalue weighted by Crippen LogP contribution is -2.29. The first-order chi connectivity index (χ1) is 14.0. The lowest BCUT2D eigenvalue weighted by atomic mass is 10.2. The minimum Gasteiger partial charge on any atom is -0.496 e. The summed E-state index contributed by atoms with van der Waals surface area (Å²) in [5.41, 5.74) is 1.71. The van der Waals surface area contributed by atoms with Gasteiger partial charge in [-0.05, 0) is 89.1 Å². The highest BCUT2D eigenvalue weighted by molar-refractivity contribution is 9.10. The van der Waals surface area contributed by atoms with Crippen LogP contribution in [0.15, 0.2) is 56.8 Å². The number of amidine groups is 1.